The number of hydrogen-bond acceptors (Lipinski definition) is 4. The molecule has 1 aromatic carbocycles. The molecule has 6 heteroatoms. The highest BCUT2D eigenvalue weighted by Crippen LogP contribution is 2.15. The van der Waals surface area contributed by atoms with E-state index < -0.39 is 10.0 Å². The number of sulfonamides is 1. The molecule has 100 valence electrons. The zero-order valence-electron chi connectivity index (χ0n) is 10.5. The maximum Gasteiger partial charge on any atom is 0.263 e. The van der Waals surface area contributed by atoms with Gasteiger partial charge in [0.1, 0.15) is 5.82 Å². The Balaban J connectivity index is 2.27. The van der Waals surface area contributed by atoms with E-state index in [1.807, 2.05) is 6.92 Å². The molecule has 0 aliphatic rings. The van der Waals surface area contributed by atoms with Crippen molar-refractivity contribution < 1.29 is 8.42 Å². The molecule has 0 saturated heterocycles. The van der Waals surface area contributed by atoms with Gasteiger partial charge in [-0.3, -0.25) is 4.72 Å². The third kappa shape index (κ3) is 3.30. The van der Waals surface area contributed by atoms with Gasteiger partial charge in [-0.25, -0.2) is 13.4 Å². The average Bonchev–Trinajstić information content (AvgIpc) is 2.38. The van der Waals surface area contributed by atoms with Gasteiger partial charge in [-0.2, -0.15) is 0 Å². The van der Waals surface area contributed by atoms with Gasteiger partial charge in [0.2, 0.25) is 0 Å². The van der Waals surface area contributed by atoms with E-state index in [9.17, 15) is 8.42 Å². The van der Waals surface area contributed by atoms with Gasteiger partial charge in [-0.15, -0.1) is 0 Å². The highest BCUT2D eigenvalue weighted by atomic mass is 32.2. The number of pyridine rings is 1. The molecule has 1 heterocycles. The van der Waals surface area contributed by atoms with Gasteiger partial charge < -0.3 is 5.73 Å². The van der Waals surface area contributed by atoms with Crippen molar-refractivity contribution in [3.63, 3.8) is 0 Å². The van der Waals surface area contributed by atoms with Crippen LogP contribution in [0, 0.1) is 6.92 Å². The number of hydrogen-bond donors (Lipinski definition) is 2. The van der Waals surface area contributed by atoms with Gasteiger partial charge in [0.15, 0.2) is 0 Å². The standard InChI is InChI=1S/C13H15N3O2S/c1-10-6-7-15-13(8-10)16-19(17,18)12-4-2-11(9-14)3-5-12/h2-8H,9,14H2,1H3,(H,15,16). The first kappa shape index (κ1) is 13.5. The Hall–Kier alpha value is -1.92. The number of nitrogens with zero attached hydrogens (tertiary/aromatic N) is 1. The summed E-state index contributed by atoms with van der Waals surface area (Å²) in [5, 5.41) is 0. The predicted octanol–water partition coefficient (Wildman–Crippen LogP) is 1.65. The molecule has 3 N–H and O–H groups in total. The van der Waals surface area contributed by atoms with E-state index in [0.29, 0.717) is 12.4 Å². The molecule has 19 heavy (non-hydrogen) atoms. The normalized spacial score (nSPS) is 11.3. The second-order valence-corrected chi connectivity index (χ2v) is 5.85. The number of aromatic nitrogens is 1. The first-order valence-corrected chi connectivity index (χ1v) is 7.24. The average molecular weight is 277 g/mol. The molecule has 0 fully saturated rings. The Morgan fingerprint density at radius 1 is 1.21 bits per heavy atom. The second-order valence-electron chi connectivity index (χ2n) is 4.17. The van der Waals surface area contributed by atoms with Crippen molar-refractivity contribution in [1.82, 2.24) is 4.98 Å². The molecule has 1 aromatic heterocycles. The van der Waals surface area contributed by atoms with E-state index in [-0.39, 0.29) is 4.90 Å². The van der Waals surface area contributed by atoms with Crippen molar-refractivity contribution in [1.29, 1.82) is 0 Å². The van der Waals surface area contributed by atoms with E-state index in [0.717, 1.165) is 11.1 Å². The monoisotopic (exact) mass is 277 g/mol. The zero-order valence-corrected chi connectivity index (χ0v) is 11.3. The zero-order chi connectivity index (χ0) is 13.9. The molecule has 2 rings (SSSR count). The summed E-state index contributed by atoms with van der Waals surface area (Å²) >= 11 is 0. The van der Waals surface area contributed by atoms with Crippen LogP contribution >= 0.6 is 0 Å². The molecule has 0 aliphatic carbocycles. The Morgan fingerprint density at radius 2 is 1.89 bits per heavy atom. The largest absolute Gasteiger partial charge is 0.326 e. The lowest BCUT2D eigenvalue weighted by Crippen LogP contribution is -2.14. The molecule has 0 bridgehead atoms. The summed E-state index contributed by atoms with van der Waals surface area (Å²) < 4.78 is 26.7. The number of nitrogens with one attached hydrogen (secondary N) is 1. The number of aryl methyl sites for hydroxylation is 1. The number of rotatable bonds is 4. The molecular formula is C13H15N3O2S. The number of anilines is 1. The van der Waals surface area contributed by atoms with Crippen LogP contribution < -0.4 is 10.5 Å². The smallest absolute Gasteiger partial charge is 0.263 e. The van der Waals surface area contributed by atoms with Crippen LogP contribution in [0.1, 0.15) is 11.1 Å². The minimum atomic E-state index is -3.61. The maximum atomic E-state index is 12.1. The van der Waals surface area contributed by atoms with Crippen LogP contribution in [-0.4, -0.2) is 13.4 Å². The second kappa shape index (κ2) is 5.38. The molecule has 0 atom stereocenters. The van der Waals surface area contributed by atoms with Crippen LogP contribution in [0.5, 0.6) is 0 Å². The maximum absolute atomic E-state index is 12.1. The summed E-state index contributed by atoms with van der Waals surface area (Å²) in [6.45, 7) is 2.25. The van der Waals surface area contributed by atoms with E-state index in [2.05, 4.69) is 9.71 Å². The molecule has 0 amide bonds. The fourth-order valence-electron chi connectivity index (χ4n) is 1.59. The fourth-order valence-corrected chi connectivity index (χ4v) is 2.59. The van der Waals surface area contributed by atoms with Gasteiger partial charge in [0.25, 0.3) is 10.0 Å². The van der Waals surface area contributed by atoms with Crippen LogP contribution in [0.25, 0.3) is 0 Å². The summed E-state index contributed by atoms with van der Waals surface area (Å²) in [7, 11) is -3.61. The van der Waals surface area contributed by atoms with E-state index in [1.54, 1.807) is 30.5 Å². The van der Waals surface area contributed by atoms with Crippen molar-refractivity contribution in [2.45, 2.75) is 18.4 Å². The summed E-state index contributed by atoms with van der Waals surface area (Å²) in [5.74, 6) is 0.308. The molecular weight excluding hydrogens is 262 g/mol. The van der Waals surface area contributed by atoms with Gasteiger partial charge in [0, 0.05) is 12.7 Å². The van der Waals surface area contributed by atoms with Crippen LogP contribution in [0.4, 0.5) is 5.82 Å². The first-order chi connectivity index (χ1) is 9.01. The van der Waals surface area contributed by atoms with Crippen molar-refractivity contribution >= 4 is 15.8 Å². The van der Waals surface area contributed by atoms with Crippen LogP contribution in [0.2, 0.25) is 0 Å². The van der Waals surface area contributed by atoms with Crippen molar-refractivity contribution in [2.75, 3.05) is 4.72 Å². The molecule has 5 nitrogen and oxygen atoms in total. The van der Waals surface area contributed by atoms with E-state index >= 15 is 0 Å². The summed E-state index contributed by atoms with van der Waals surface area (Å²) in [6.07, 6.45) is 1.56. The molecule has 2 aromatic rings. The number of benzene rings is 1. The minimum absolute atomic E-state index is 0.188. The number of nitrogens with two attached hydrogens (primary N) is 1. The Morgan fingerprint density at radius 3 is 2.47 bits per heavy atom. The molecule has 0 saturated carbocycles. The van der Waals surface area contributed by atoms with Gasteiger partial charge in [0.05, 0.1) is 4.90 Å². The SMILES string of the molecule is Cc1ccnc(NS(=O)(=O)c2ccc(CN)cc2)c1. The van der Waals surface area contributed by atoms with E-state index in [1.165, 1.54) is 12.1 Å². The predicted molar refractivity (Wildman–Crippen MR) is 74.1 cm³/mol. The Kier molecular flexibility index (Phi) is 3.82. The molecule has 0 aliphatic heterocycles. The lowest BCUT2D eigenvalue weighted by atomic mass is 10.2. The highest BCUT2D eigenvalue weighted by molar-refractivity contribution is 7.92. The molecule has 0 radical (unpaired) electrons. The van der Waals surface area contributed by atoms with Crippen LogP contribution in [-0.2, 0) is 16.6 Å². The third-order valence-electron chi connectivity index (χ3n) is 2.62. The van der Waals surface area contributed by atoms with E-state index in [4.69, 9.17) is 5.73 Å². The summed E-state index contributed by atoms with van der Waals surface area (Å²) in [4.78, 5) is 4.16. The summed E-state index contributed by atoms with van der Waals surface area (Å²) in [6, 6.07) is 9.91. The quantitative estimate of drug-likeness (QED) is 0.889. The van der Waals surface area contributed by atoms with Gasteiger partial charge >= 0.3 is 0 Å². The van der Waals surface area contributed by atoms with Gasteiger partial charge in [-0.1, -0.05) is 12.1 Å². The topological polar surface area (TPSA) is 85.1 Å². The lowest BCUT2D eigenvalue weighted by molar-refractivity contribution is 0.601. The molecule has 0 spiro atoms. The lowest BCUT2D eigenvalue weighted by Gasteiger charge is -2.08. The molecule has 0 unspecified atom stereocenters. The van der Waals surface area contributed by atoms with Crippen LogP contribution in [0.3, 0.4) is 0 Å². The third-order valence-corrected chi connectivity index (χ3v) is 3.99. The van der Waals surface area contributed by atoms with Crippen molar-refractivity contribution in [3.05, 3.63) is 53.7 Å². The van der Waals surface area contributed by atoms with Crippen LogP contribution in [0.15, 0.2) is 47.5 Å². The summed E-state index contributed by atoms with van der Waals surface area (Å²) in [5.41, 5.74) is 7.29. The van der Waals surface area contributed by atoms with Crippen molar-refractivity contribution in [2.24, 2.45) is 5.73 Å². The Labute approximate surface area is 112 Å². The van der Waals surface area contributed by atoms with Gasteiger partial charge in [-0.05, 0) is 42.3 Å². The highest BCUT2D eigenvalue weighted by Gasteiger charge is 2.14. The van der Waals surface area contributed by atoms with Crippen molar-refractivity contribution in [3.8, 4) is 0 Å². The first-order valence-electron chi connectivity index (χ1n) is 5.76. The fraction of sp³-hybridized carbons (Fsp3) is 0.154. The Bertz CT molecular complexity index is 667. The minimum Gasteiger partial charge on any atom is -0.326 e.